The van der Waals surface area contributed by atoms with Crippen LogP contribution in [0.3, 0.4) is 0 Å². The van der Waals surface area contributed by atoms with Gasteiger partial charge in [0.2, 0.25) is 17.7 Å². The summed E-state index contributed by atoms with van der Waals surface area (Å²) in [6.45, 7) is 6.83. The first-order chi connectivity index (χ1) is 17.0. The summed E-state index contributed by atoms with van der Waals surface area (Å²) < 4.78 is 5.64. The summed E-state index contributed by atoms with van der Waals surface area (Å²) in [6, 6.07) is 0.629. The molecule has 0 radical (unpaired) electrons. The van der Waals surface area contributed by atoms with Crippen molar-refractivity contribution in [3.63, 3.8) is 0 Å². The highest BCUT2D eigenvalue weighted by atomic mass is 16.6. The minimum atomic E-state index is -0.987. The first-order valence-corrected chi connectivity index (χ1v) is 13.3. The van der Waals surface area contributed by atoms with Gasteiger partial charge in [-0.25, -0.2) is 4.79 Å². The molecule has 3 heterocycles. The van der Waals surface area contributed by atoms with Gasteiger partial charge in [0.1, 0.15) is 23.2 Å². The van der Waals surface area contributed by atoms with Crippen LogP contribution in [0.2, 0.25) is 0 Å². The minimum absolute atomic E-state index is 0.0878. The fourth-order valence-corrected chi connectivity index (χ4v) is 5.79. The predicted molar refractivity (Wildman–Crippen MR) is 130 cm³/mol. The van der Waals surface area contributed by atoms with Crippen LogP contribution < -0.4 is 10.6 Å². The number of nitrogens with zero attached hydrogens (tertiary/aromatic N) is 3. The van der Waals surface area contributed by atoms with E-state index in [4.69, 9.17) is 4.74 Å². The Morgan fingerprint density at radius 3 is 2.53 bits per heavy atom. The first-order valence-electron chi connectivity index (χ1n) is 13.3. The van der Waals surface area contributed by atoms with Crippen LogP contribution in [0.1, 0.15) is 78.6 Å². The molecule has 4 amide bonds. The van der Waals surface area contributed by atoms with Crippen molar-refractivity contribution >= 4 is 23.8 Å². The molecule has 36 heavy (non-hydrogen) atoms. The standard InChI is InChI=1S/C26H39N5O5/c1-25(2,3)36-24(35)31-12-5-4-9-26(31)10-13-30(23(26)34)20(14-17-6-7-17)22(33)29-19(16-27)15-18-8-11-28-21(18)32/h17-20H,4-15H2,1-3H3,(H,28,32)(H,29,33). The van der Waals surface area contributed by atoms with Gasteiger partial charge in [0.05, 0.1) is 6.07 Å². The Kier molecular flexibility index (Phi) is 7.48. The summed E-state index contributed by atoms with van der Waals surface area (Å²) in [5, 5.41) is 15.3. The highest BCUT2D eigenvalue weighted by molar-refractivity contribution is 5.96. The Balaban J connectivity index is 1.50. The average Bonchev–Trinajstić information content (AvgIpc) is 3.48. The van der Waals surface area contributed by atoms with E-state index < -0.39 is 29.3 Å². The molecule has 4 atom stereocenters. The maximum absolute atomic E-state index is 14.0. The SMILES string of the molecule is CC(C)(C)OC(=O)N1CCCCC12CCN(C(CC1CC1)C(=O)NC(C#N)CC1CCNC1=O)C2=O. The molecule has 0 aromatic rings. The number of carbonyl (C=O) groups is 4. The highest BCUT2D eigenvalue weighted by Crippen LogP contribution is 2.42. The maximum Gasteiger partial charge on any atom is 0.411 e. The van der Waals surface area contributed by atoms with Crippen LogP contribution in [-0.2, 0) is 19.1 Å². The molecular formula is C26H39N5O5. The Hall–Kier alpha value is -2.83. The molecule has 1 saturated carbocycles. The molecule has 4 aliphatic rings. The molecule has 3 aliphatic heterocycles. The monoisotopic (exact) mass is 501 g/mol. The van der Waals surface area contributed by atoms with Crippen molar-refractivity contribution in [1.82, 2.24) is 20.4 Å². The first kappa shape index (κ1) is 26.2. The fraction of sp³-hybridized carbons (Fsp3) is 0.808. The van der Waals surface area contributed by atoms with E-state index in [9.17, 15) is 24.4 Å². The van der Waals surface area contributed by atoms with Crippen LogP contribution in [0.4, 0.5) is 4.79 Å². The van der Waals surface area contributed by atoms with Crippen molar-refractivity contribution < 1.29 is 23.9 Å². The number of rotatable bonds is 7. The zero-order valence-electron chi connectivity index (χ0n) is 21.7. The van der Waals surface area contributed by atoms with E-state index in [-0.39, 0.29) is 30.1 Å². The molecule has 0 aromatic carbocycles. The second kappa shape index (κ2) is 10.3. The van der Waals surface area contributed by atoms with Crippen LogP contribution in [0.5, 0.6) is 0 Å². The van der Waals surface area contributed by atoms with E-state index in [2.05, 4.69) is 16.7 Å². The van der Waals surface area contributed by atoms with Gasteiger partial charge in [0, 0.05) is 25.6 Å². The van der Waals surface area contributed by atoms with Crippen molar-refractivity contribution in [3.8, 4) is 6.07 Å². The summed E-state index contributed by atoms with van der Waals surface area (Å²) in [5.74, 6) is -0.553. The minimum Gasteiger partial charge on any atom is -0.444 e. The Labute approximate surface area is 213 Å². The molecule has 3 saturated heterocycles. The maximum atomic E-state index is 14.0. The van der Waals surface area contributed by atoms with Crippen molar-refractivity contribution in [2.75, 3.05) is 19.6 Å². The Bertz CT molecular complexity index is 936. The zero-order valence-corrected chi connectivity index (χ0v) is 21.7. The average molecular weight is 502 g/mol. The van der Waals surface area contributed by atoms with E-state index in [1.165, 1.54) is 0 Å². The lowest BCUT2D eigenvalue weighted by Gasteiger charge is -2.43. The highest BCUT2D eigenvalue weighted by Gasteiger charge is 2.56. The van der Waals surface area contributed by atoms with Crippen LogP contribution in [-0.4, -0.2) is 76.5 Å². The lowest BCUT2D eigenvalue weighted by atomic mass is 9.85. The quantitative estimate of drug-likeness (QED) is 0.549. The summed E-state index contributed by atoms with van der Waals surface area (Å²) in [6.07, 6.45) is 5.65. The molecule has 0 aromatic heterocycles. The van der Waals surface area contributed by atoms with Crippen molar-refractivity contribution in [3.05, 3.63) is 0 Å². The fourth-order valence-electron chi connectivity index (χ4n) is 5.79. The van der Waals surface area contributed by atoms with Crippen molar-refractivity contribution in [2.24, 2.45) is 11.8 Å². The van der Waals surface area contributed by atoms with E-state index >= 15 is 0 Å². The topological polar surface area (TPSA) is 132 Å². The van der Waals surface area contributed by atoms with Gasteiger partial charge in [-0.1, -0.05) is 12.8 Å². The number of nitrogens with one attached hydrogen (secondary N) is 2. The van der Waals surface area contributed by atoms with Crippen LogP contribution in [0, 0.1) is 23.2 Å². The molecule has 1 spiro atoms. The molecule has 10 nitrogen and oxygen atoms in total. The largest absolute Gasteiger partial charge is 0.444 e. The van der Waals surface area contributed by atoms with Gasteiger partial charge >= 0.3 is 6.09 Å². The van der Waals surface area contributed by atoms with Gasteiger partial charge in [-0.05, 0) is 71.6 Å². The Morgan fingerprint density at radius 2 is 1.92 bits per heavy atom. The van der Waals surface area contributed by atoms with E-state index in [0.717, 1.165) is 25.7 Å². The third kappa shape index (κ3) is 5.60. The van der Waals surface area contributed by atoms with E-state index in [1.54, 1.807) is 30.6 Å². The molecule has 1 aliphatic carbocycles. The molecule has 198 valence electrons. The molecule has 4 fully saturated rings. The van der Waals surface area contributed by atoms with Gasteiger partial charge in [0.25, 0.3) is 0 Å². The molecule has 0 bridgehead atoms. The summed E-state index contributed by atoms with van der Waals surface area (Å²) >= 11 is 0. The van der Waals surface area contributed by atoms with Gasteiger partial charge < -0.3 is 20.3 Å². The van der Waals surface area contributed by atoms with E-state index in [1.807, 2.05) is 0 Å². The molecule has 10 heteroatoms. The number of ether oxygens (including phenoxy) is 1. The van der Waals surface area contributed by atoms with E-state index in [0.29, 0.717) is 51.2 Å². The van der Waals surface area contributed by atoms with Gasteiger partial charge in [-0.3, -0.25) is 19.3 Å². The lowest BCUT2D eigenvalue weighted by Crippen LogP contribution is -2.61. The third-order valence-electron chi connectivity index (χ3n) is 7.87. The smallest absolute Gasteiger partial charge is 0.411 e. The molecule has 4 unspecified atom stereocenters. The molecule has 2 N–H and O–H groups in total. The summed E-state index contributed by atoms with van der Waals surface area (Å²) in [5.41, 5.74) is -1.66. The second-order valence-electron chi connectivity index (χ2n) is 11.8. The number of nitriles is 1. The number of carbonyl (C=O) groups excluding carboxylic acids is 4. The number of likely N-dealkylation sites (tertiary alicyclic amines) is 2. The summed E-state index contributed by atoms with van der Waals surface area (Å²) in [4.78, 5) is 55.7. The molecule has 4 rings (SSSR count). The number of hydrogen-bond donors (Lipinski definition) is 2. The number of piperidine rings is 1. The van der Waals surface area contributed by atoms with Gasteiger partial charge in [0.15, 0.2) is 0 Å². The molecular weight excluding hydrogens is 462 g/mol. The lowest BCUT2D eigenvalue weighted by molar-refractivity contribution is -0.146. The second-order valence-corrected chi connectivity index (χ2v) is 11.8. The normalized spacial score (nSPS) is 28.0. The van der Waals surface area contributed by atoms with Crippen molar-refractivity contribution in [2.45, 2.75) is 102 Å². The Morgan fingerprint density at radius 1 is 1.17 bits per heavy atom. The van der Waals surface area contributed by atoms with Crippen LogP contribution in [0.25, 0.3) is 0 Å². The van der Waals surface area contributed by atoms with Crippen molar-refractivity contribution in [1.29, 1.82) is 5.26 Å². The summed E-state index contributed by atoms with van der Waals surface area (Å²) in [7, 11) is 0. The van der Waals surface area contributed by atoms with Crippen LogP contribution >= 0.6 is 0 Å². The van der Waals surface area contributed by atoms with Gasteiger partial charge in [-0.15, -0.1) is 0 Å². The third-order valence-corrected chi connectivity index (χ3v) is 7.87. The zero-order chi connectivity index (χ0) is 26.1. The number of hydrogen-bond acceptors (Lipinski definition) is 6. The van der Waals surface area contributed by atoms with Crippen LogP contribution in [0.15, 0.2) is 0 Å². The van der Waals surface area contributed by atoms with Gasteiger partial charge in [-0.2, -0.15) is 5.26 Å². The predicted octanol–water partition coefficient (Wildman–Crippen LogP) is 2.08. The number of amides is 4.